The van der Waals surface area contributed by atoms with Gasteiger partial charge in [-0.15, -0.1) is 0 Å². The van der Waals surface area contributed by atoms with E-state index in [0.717, 1.165) is 5.56 Å². The lowest BCUT2D eigenvalue weighted by molar-refractivity contribution is -0.196. The fourth-order valence-corrected chi connectivity index (χ4v) is 2.45. The van der Waals surface area contributed by atoms with Crippen LogP contribution in [0.3, 0.4) is 0 Å². The van der Waals surface area contributed by atoms with Gasteiger partial charge in [0.05, 0.1) is 6.61 Å². The third-order valence-corrected chi connectivity index (χ3v) is 3.42. The Morgan fingerprint density at radius 3 is 2.67 bits per heavy atom. The Kier molecular flexibility index (Phi) is 6.31. The number of allylic oxidation sites excluding steroid dienone is 2. The molecule has 3 atom stereocenters. The van der Waals surface area contributed by atoms with Crippen LogP contribution in [0.15, 0.2) is 55.1 Å². The largest absolute Gasteiger partial charge is 0.433 e. The summed E-state index contributed by atoms with van der Waals surface area (Å²) in [4.78, 5) is 11.3. The van der Waals surface area contributed by atoms with Crippen molar-refractivity contribution in [3.8, 4) is 0 Å². The molecular weight excluding hydrogens is 308 g/mol. The Hall–Kier alpha value is -1.95. The summed E-state index contributed by atoms with van der Waals surface area (Å²) in [5.74, 6) is -1.29. The Labute approximate surface area is 142 Å². The molecule has 1 saturated heterocycles. The molecule has 0 saturated carbocycles. The van der Waals surface area contributed by atoms with Crippen LogP contribution in [-0.2, 0) is 30.3 Å². The number of benzene rings is 1. The fourth-order valence-electron chi connectivity index (χ4n) is 2.45. The van der Waals surface area contributed by atoms with Crippen LogP contribution in [0, 0.1) is 0 Å². The summed E-state index contributed by atoms with van der Waals surface area (Å²) in [5.41, 5.74) is 1.04. The van der Waals surface area contributed by atoms with Crippen molar-refractivity contribution in [3.05, 3.63) is 60.7 Å². The molecule has 130 valence electrons. The summed E-state index contributed by atoms with van der Waals surface area (Å²) in [5, 5.41) is 0. The van der Waals surface area contributed by atoms with Gasteiger partial charge in [-0.2, -0.15) is 0 Å². The summed E-state index contributed by atoms with van der Waals surface area (Å²) in [6, 6.07) is 9.81. The van der Waals surface area contributed by atoms with Gasteiger partial charge in [0.25, 0.3) is 0 Å². The predicted octanol–water partition coefficient (Wildman–Crippen LogP) is 3.35. The molecule has 1 aliphatic rings. The van der Waals surface area contributed by atoms with E-state index in [4.69, 9.17) is 18.9 Å². The van der Waals surface area contributed by atoms with E-state index < -0.39 is 30.3 Å². The summed E-state index contributed by atoms with van der Waals surface area (Å²) in [6.45, 7) is 8.96. The third-order valence-electron chi connectivity index (χ3n) is 3.42. The molecule has 5 heteroatoms. The van der Waals surface area contributed by atoms with Crippen LogP contribution in [-0.4, -0.2) is 30.3 Å². The smallest absolute Gasteiger partial charge is 0.305 e. The first-order chi connectivity index (χ1) is 11.4. The molecule has 0 aliphatic carbocycles. The summed E-state index contributed by atoms with van der Waals surface area (Å²) in [6.07, 6.45) is 3.41. The van der Waals surface area contributed by atoms with Crippen LogP contribution in [0.4, 0.5) is 0 Å². The first kappa shape index (κ1) is 18.4. The van der Waals surface area contributed by atoms with Crippen molar-refractivity contribution in [1.29, 1.82) is 0 Å². The van der Waals surface area contributed by atoms with Gasteiger partial charge >= 0.3 is 5.97 Å². The normalized spacial score (nSPS) is 24.0. The number of esters is 1. The van der Waals surface area contributed by atoms with E-state index in [0.29, 0.717) is 6.61 Å². The average Bonchev–Trinajstić information content (AvgIpc) is 2.82. The van der Waals surface area contributed by atoms with Gasteiger partial charge in [0.15, 0.2) is 11.9 Å². The van der Waals surface area contributed by atoms with Gasteiger partial charge in [-0.05, 0) is 19.4 Å². The lowest BCUT2D eigenvalue weighted by Gasteiger charge is -2.24. The molecule has 1 aromatic rings. The number of hydrogen-bond acceptors (Lipinski definition) is 5. The van der Waals surface area contributed by atoms with E-state index in [-0.39, 0.29) is 0 Å². The average molecular weight is 332 g/mol. The minimum absolute atomic E-state index is 0.403. The number of rotatable bonds is 7. The monoisotopic (exact) mass is 332 g/mol. The molecule has 1 fully saturated rings. The second-order valence-corrected chi connectivity index (χ2v) is 5.96. The molecule has 0 unspecified atom stereocenters. The van der Waals surface area contributed by atoms with Crippen LogP contribution >= 0.6 is 0 Å². The Morgan fingerprint density at radius 1 is 1.33 bits per heavy atom. The quantitative estimate of drug-likeness (QED) is 0.566. The van der Waals surface area contributed by atoms with Crippen molar-refractivity contribution in [2.45, 2.75) is 51.7 Å². The van der Waals surface area contributed by atoms with E-state index in [1.54, 1.807) is 26.0 Å². The number of ether oxygens (including phenoxy) is 4. The maximum atomic E-state index is 11.3. The Bertz CT molecular complexity index is 579. The minimum atomic E-state index is -0.860. The van der Waals surface area contributed by atoms with E-state index in [1.165, 1.54) is 6.92 Å². The van der Waals surface area contributed by atoms with Crippen LogP contribution in [0.1, 0.15) is 26.3 Å². The van der Waals surface area contributed by atoms with Crippen LogP contribution in [0.5, 0.6) is 0 Å². The molecule has 0 aromatic heterocycles. The molecule has 1 aromatic carbocycles. The Balaban J connectivity index is 2.13. The molecule has 1 aliphatic heterocycles. The van der Waals surface area contributed by atoms with E-state index >= 15 is 0 Å². The fraction of sp³-hybridized carbons (Fsp3) is 0.421. The topological polar surface area (TPSA) is 54.0 Å². The molecule has 0 radical (unpaired) electrons. The second-order valence-electron chi connectivity index (χ2n) is 5.96. The van der Waals surface area contributed by atoms with Crippen LogP contribution < -0.4 is 0 Å². The first-order valence-corrected chi connectivity index (χ1v) is 7.89. The highest BCUT2D eigenvalue weighted by atomic mass is 16.8. The van der Waals surface area contributed by atoms with Crippen molar-refractivity contribution in [1.82, 2.24) is 0 Å². The highest BCUT2D eigenvalue weighted by Crippen LogP contribution is 2.32. The van der Waals surface area contributed by atoms with Crippen molar-refractivity contribution in [2.24, 2.45) is 0 Å². The van der Waals surface area contributed by atoms with Crippen LogP contribution in [0.2, 0.25) is 0 Å². The lowest BCUT2D eigenvalue weighted by Crippen LogP contribution is -2.38. The summed E-state index contributed by atoms with van der Waals surface area (Å²) in [7, 11) is 0. The predicted molar refractivity (Wildman–Crippen MR) is 89.9 cm³/mol. The zero-order chi connectivity index (χ0) is 17.6. The maximum absolute atomic E-state index is 11.3. The number of carbonyl (C=O) groups is 1. The lowest BCUT2D eigenvalue weighted by atomic mass is 10.1. The van der Waals surface area contributed by atoms with Gasteiger partial charge in [0, 0.05) is 6.92 Å². The zero-order valence-electron chi connectivity index (χ0n) is 14.3. The first-order valence-electron chi connectivity index (χ1n) is 7.89. The van der Waals surface area contributed by atoms with Gasteiger partial charge in [0.1, 0.15) is 6.10 Å². The third kappa shape index (κ3) is 5.30. The van der Waals surface area contributed by atoms with E-state index in [1.807, 2.05) is 36.4 Å². The van der Waals surface area contributed by atoms with E-state index in [9.17, 15) is 4.79 Å². The van der Waals surface area contributed by atoms with Gasteiger partial charge in [-0.3, -0.25) is 4.79 Å². The SMILES string of the molecule is C=C/C=C/[C@H](OCc1ccccc1)[C@H]1OC(C)(C)O[C@H]1OC(C)=O. The molecule has 1 heterocycles. The van der Waals surface area contributed by atoms with Gasteiger partial charge < -0.3 is 18.9 Å². The maximum Gasteiger partial charge on any atom is 0.305 e. The molecule has 0 spiro atoms. The van der Waals surface area contributed by atoms with Crippen LogP contribution in [0.25, 0.3) is 0 Å². The Morgan fingerprint density at radius 2 is 2.04 bits per heavy atom. The van der Waals surface area contributed by atoms with E-state index in [2.05, 4.69) is 6.58 Å². The zero-order valence-corrected chi connectivity index (χ0v) is 14.3. The molecule has 0 amide bonds. The van der Waals surface area contributed by atoms with Crippen molar-refractivity contribution < 1.29 is 23.7 Å². The molecule has 0 N–H and O–H groups in total. The highest BCUT2D eigenvalue weighted by molar-refractivity contribution is 5.66. The molecule has 2 rings (SSSR count). The van der Waals surface area contributed by atoms with Gasteiger partial charge in [0.2, 0.25) is 6.29 Å². The van der Waals surface area contributed by atoms with Gasteiger partial charge in [-0.1, -0.05) is 55.1 Å². The molecule has 5 nitrogen and oxygen atoms in total. The highest BCUT2D eigenvalue weighted by Gasteiger charge is 2.47. The second kappa shape index (κ2) is 8.24. The number of hydrogen-bond donors (Lipinski definition) is 0. The molecule has 24 heavy (non-hydrogen) atoms. The van der Waals surface area contributed by atoms with Crippen molar-refractivity contribution in [3.63, 3.8) is 0 Å². The van der Waals surface area contributed by atoms with Crippen molar-refractivity contribution >= 4 is 5.97 Å². The molecule has 0 bridgehead atoms. The number of carbonyl (C=O) groups excluding carboxylic acids is 1. The standard InChI is InChI=1S/C19H24O5/c1-5-6-12-16(21-13-15-10-8-7-9-11-15)17-18(22-14(2)20)24-19(3,4)23-17/h5-12,16-18H,1,13H2,2-4H3/b12-6+/t16-,17+,18+/m0/s1. The van der Waals surface area contributed by atoms with Crippen molar-refractivity contribution in [2.75, 3.05) is 0 Å². The van der Waals surface area contributed by atoms with Gasteiger partial charge in [-0.25, -0.2) is 0 Å². The summed E-state index contributed by atoms with van der Waals surface area (Å²) >= 11 is 0. The molecular formula is C19H24O5. The summed E-state index contributed by atoms with van der Waals surface area (Å²) < 4.78 is 22.8. The minimum Gasteiger partial charge on any atom is -0.433 e.